The molecule has 4 aromatic rings. The zero-order chi connectivity index (χ0) is 22.4. The van der Waals surface area contributed by atoms with Gasteiger partial charge < -0.3 is 15.5 Å². The molecule has 0 bridgehead atoms. The molecule has 6 rings (SSSR count). The topological polar surface area (TPSA) is 100 Å². The zero-order valence-electron chi connectivity index (χ0n) is 18.3. The van der Waals surface area contributed by atoms with Crippen LogP contribution in [0.1, 0.15) is 40.9 Å². The summed E-state index contributed by atoms with van der Waals surface area (Å²) in [6, 6.07) is 12.2. The second-order valence-electron chi connectivity index (χ2n) is 8.73. The van der Waals surface area contributed by atoms with Crippen LogP contribution in [-0.4, -0.2) is 42.6 Å². The van der Waals surface area contributed by atoms with E-state index in [0.717, 1.165) is 42.1 Å². The molecule has 0 radical (unpaired) electrons. The monoisotopic (exact) mass is 440 g/mol. The molecule has 2 N–H and O–H groups in total. The Kier molecular flexibility index (Phi) is 4.67. The average Bonchev–Trinajstić information content (AvgIpc) is 3.52. The summed E-state index contributed by atoms with van der Waals surface area (Å²) < 4.78 is 1.80. The Hall–Kier alpha value is -4.01. The Morgan fingerprint density at radius 1 is 1.06 bits per heavy atom. The van der Waals surface area contributed by atoms with Gasteiger partial charge >= 0.3 is 0 Å². The number of aryl methyl sites for hydroxylation is 1. The number of hydrogen-bond acceptors (Lipinski definition) is 7. The van der Waals surface area contributed by atoms with Crippen LogP contribution in [0.25, 0.3) is 5.65 Å². The van der Waals surface area contributed by atoms with Crippen molar-refractivity contribution in [1.29, 1.82) is 0 Å². The van der Waals surface area contributed by atoms with Crippen LogP contribution in [-0.2, 0) is 6.54 Å². The van der Waals surface area contributed by atoms with Gasteiger partial charge in [0.2, 0.25) is 5.95 Å². The van der Waals surface area contributed by atoms with E-state index in [1.165, 1.54) is 5.56 Å². The summed E-state index contributed by atoms with van der Waals surface area (Å²) in [6.45, 7) is 2.53. The van der Waals surface area contributed by atoms with Gasteiger partial charge in [-0.05, 0) is 68.1 Å². The molecule has 4 aromatic heterocycles. The lowest BCUT2D eigenvalue weighted by Gasteiger charge is -2.17. The Morgan fingerprint density at radius 3 is 2.76 bits per heavy atom. The van der Waals surface area contributed by atoms with Crippen molar-refractivity contribution in [3.05, 3.63) is 71.8 Å². The van der Waals surface area contributed by atoms with E-state index in [2.05, 4.69) is 37.6 Å². The van der Waals surface area contributed by atoms with Crippen LogP contribution < -0.4 is 15.5 Å². The van der Waals surface area contributed by atoms with Crippen LogP contribution in [0.5, 0.6) is 0 Å². The summed E-state index contributed by atoms with van der Waals surface area (Å²) in [5.41, 5.74) is 4.27. The lowest BCUT2D eigenvalue weighted by atomic mass is 10.2. The zero-order valence-corrected chi connectivity index (χ0v) is 18.3. The van der Waals surface area contributed by atoms with Gasteiger partial charge in [-0.2, -0.15) is 4.98 Å². The van der Waals surface area contributed by atoms with Gasteiger partial charge in [0.15, 0.2) is 5.65 Å². The van der Waals surface area contributed by atoms with Gasteiger partial charge in [-0.3, -0.25) is 9.78 Å². The largest absolute Gasteiger partial charge is 0.367 e. The molecule has 33 heavy (non-hydrogen) atoms. The number of fused-ring (bicyclic) bond motifs is 2. The fourth-order valence-electron chi connectivity index (χ4n) is 4.65. The molecule has 9 heteroatoms. The molecule has 1 amide bonds. The van der Waals surface area contributed by atoms with E-state index in [9.17, 15) is 4.79 Å². The molecule has 1 fully saturated rings. The van der Waals surface area contributed by atoms with Gasteiger partial charge in [0.25, 0.3) is 5.91 Å². The van der Waals surface area contributed by atoms with Crippen molar-refractivity contribution in [1.82, 2.24) is 24.6 Å². The minimum atomic E-state index is -0.0268. The lowest BCUT2D eigenvalue weighted by Crippen LogP contribution is -2.24. The second kappa shape index (κ2) is 7.84. The van der Waals surface area contributed by atoms with Crippen LogP contribution >= 0.6 is 0 Å². The SMILES string of the molecule is Cc1ccn2nc(N[C@H]3CC[C@H](Nc4ccc(N5Cc6ncccc6C5=O)cn4)C3)nc2c1. The summed E-state index contributed by atoms with van der Waals surface area (Å²) in [5.74, 6) is 1.45. The van der Waals surface area contributed by atoms with Crippen LogP contribution in [0.2, 0.25) is 0 Å². The number of carbonyl (C=O) groups excluding carboxylic acids is 1. The summed E-state index contributed by atoms with van der Waals surface area (Å²) in [5, 5.41) is 11.5. The van der Waals surface area contributed by atoms with E-state index in [0.29, 0.717) is 30.1 Å². The number of rotatable bonds is 5. The molecule has 1 aliphatic heterocycles. The van der Waals surface area contributed by atoms with Crippen molar-refractivity contribution in [3.63, 3.8) is 0 Å². The predicted molar refractivity (Wildman–Crippen MR) is 125 cm³/mol. The number of carbonyl (C=O) groups is 1. The highest BCUT2D eigenvalue weighted by Gasteiger charge is 2.30. The normalized spacial score (nSPS) is 19.8. The van der Waals surface area contributed by atoms with E-state index in [1.807, 2.05) is 36.5 Å². The number of hydrogen-bond donors (Lipinski definition) is 2. The highest BCUT2D eigenvalue weighted by molar-refractivity contribution is 6.09. The number of nitrogens with one attached hydrogen (secondary N) is 2. The molecule has 0 aromatic carbocycles. The van der Waals surface area contributed by atoms with Gasteiger partial charge in [-0.1, -0.05) is 0 Å². The summed E-state index contributed by atoms with van der Waals surface area (Å²) in [4.78, 5) is 27.8. The standard InChI is InChI=1S/C24H24N8O/c1-15-8-10-32-22(11-15)29-24(30-32)28-17-5-4-16(12-17)27-21-7-6-18(13-26-21)31-14-20-19(23(31)33)3-2-9-25-20/h2-3,6-11,13,16-17H,4-5,12,14H2,1H3,(H,26,27)(H,28,30)/t16-,17-/m0/s1. The number of aromatic nitrogens is 5. The van der Waals surface area contributed by atoms with Gasteiger partial charge in [0.05, 0.1) is 29.7 Å². The molecule has 5 heterocycles. The third-order valence-corrected chi connectivity index (χ3v) is 6.34. The minimum Gasteiger partial charge on any atom is -0.367 e. The van der Waals surface area contributed by atoms with Crippen LogP contribution in [0.4, 0.5) is 17.5 Å². The summed E-state index contributed by atoms with van der Waals surface area (Å²) in [6.07, 6.45) is 8.44. The van der Waals surface area contributed by atoms with E-state index in [4.69, 9.17) is 0 Å². The second-order valence-corrected chi connectivity index (χ2v) is 8.73. The lowest BCUT2D eigenvalue weighted by molar-refractivity contribution is 0.0996. The molecule has 1 aliphatic carbocycles. The minimum absolute atomic E-state index is 0.0268. The maximum absolute atomic E-state index is 12.6. The van der Waals surface area contributed by atoms with Crippen LogP contribution in [0.15, 0.2) is 55.0 Å². The fraction of sp³-hybridized carbons (Fsp3) is 0.292. The molecular formula is C24H24N8O. The van der Waals surface area contributed by atoms with Crippen molar-refractivity contribution in [3.8, 4) is 0 Å². The Bertz CT molecular complexity index is 1330. The Labute approximate surface area is 190 Å². The third kappa shape index (κ3) is 3.75. The van der Waals surface area contributed by atoms with Crippen molar-refractivity contribution in [2.24, 2.45) is 0 Å². The maximum atomic E-state index is 12.6. The van der Waals surface area contributed by atoms with Gasteiger partial charge in [-0.15, -0.1) is 5.10 Å². The third-order valence-electron chi connectivity index (χ3n) is 6.34. The van der Waals surface area contributed by atoms with Crippen molar-refractivity contribution >= 4 is 29.0 Å². The summed E-state index contributed by atoms with van der Waals surface area (Å²) in [7, 11) is 0. The number of pyridine rings is 3. The fourth-order valence-corrected chi connectivity index (χ4v) is 4.65. The summed E-state index contributed by atoms with van der Waals surface area (Å²) >= 11 is 0. The average molecular weight is 441 g/mol. The first-order valence-corrected chi connectivity index (χ1v) is 11.2. The quantitative estimate of drug-likeness (QED) is 0.490. The van der Waals surface area contributed by atoms with Crippen molar-refractivity contribution in [2.75, 3.05) is 15.5 Å². The van der Waals surface area contributed by atoms with Gasteiger partial charge in [0, 0.05) is 24.5 Å². The van der Waals surface area contributed by atoms with E-state index in [1.54, 1.807) is 27.9 Å². The van der Waals surface area contributed by atoms with E-state index in [-0.39, 0.29) is 5.91 Å². The van der Waals surface area contributed by atoms with Crippen LogP contribution in [0, 0.1) is 6.92 Å². The van der Waals surface area contributed by atoms with Gasteiger partial charge in [-0.25, -0.2) is 9.50 Å². The number of nitrogens with zero attached hydrogens (tertiary/aromatic N) is 6. The maximum Gasteiger partial charge on any atom is 0.260 e. The molecule has 0 unspecified atom stereocenters. The Balaban J connectivity index is 1.07. The molecule has 0 saturated heterocycles. The predicted octanol–water partition coefficient (Wildman–Crippen LogP) is 3.43. The molecular weight excluding hydrogens is 416 g/mol. The van der Waals surface area contributed by atoms with Crippen molar-refractivity contribution < 1.29 is 4.79 Å². The number of amides is 1. The molecule has 9 nitrogen and oxygen atoms in total. The molecule has 2 aliphatic rings. The molecule has 166 valence electrons. The molecule has 1 saturated carbocycles. The van der Waals surface area contributed by atoms with E-state index < -0.39 is 0 Å². The number of anilines is 3. The Morgan fingerprint density at radius 2 is 1.94 bits per heavy atom. The molecule has 0 spiro atoms. The first-order valence-electron chi connectivity index (χ1n) is 11.2. The molecule has 2 atom stereocenters. The first-order chi connectivity index (χ1) is 16.1. The smallest absolute Gasteiger partial charge is 0.260 e. The van der Waals surface area contributed by atoms with Crippen LogP contribution in [0.3, 0.4) is 0 Å². The van der Waals surface area contributed by atoms with Crippen molar-refractivity contribution in [2.45, 2.75) is 44.8 Å². The highest BCUT2D eigenvalue weighted by Crippen LogP contribution is 2.28. The highest BCUT2D eigenvalue weighted by atomic mass is 16.2. The van der Waals surface area contributed by atoms with E-state index >= 15 is 0 Å². The van der Waals surface area contributed by atoms with Gasteiger partial charge in [0.1, 0.15) is 5.82 Å². The first kappa shape index (κ1) is 19.7.